The van der Waals surface area contributed by atoms with E-state index in [-0.39, 0.29) is 35.1 Å². The van der Waals surface area contributed by atoms with Crippen molar-refractivity contribution in [3.05, 3.63) is 94.0 Å². The fourth-order valence-electron chi connectivity index (χ4n) is 6.21. The second kappa shape index (κ2) is 10.8. The molecule has 3 heterocycles. The van der Waals surface area contributed by atoms with Gasteiger partial charge in [0, 0.05) is 55.1 Å². The first-order valence-corrected chi connectivity index (χ1v) is 14.5. The summed E-state index contributed by atoms with van der Waals surface area (Å²) in [4.78, 5) is 55.0. The third kappa shape index (κ3) is 5.25. The monoisotopic (exact) mass is 595 g/mol. The average Bonchev–Trinajstić information content (AvgIpc) is 3.66. The summed E-state index contributed by atoms with van der Waals surface area (Å²) in [6, 6.07) is 21.5. The molecule has 1 N–H and O–H groups in total. The lowest BCUT2D eigenvalue weighted by Gasteiger charge is -2.36. The van der Waals surface area contributed by atoms with Crippen molar-refractivity contribution in [3.63, 3.8) is 0 Å². The average molecular weight is 596 g/mol. The van der Waals surface area contributed by atoms with Crippen molar-refractivity contribution in [1.29, 1.82) is 0 Å². The van der Waals surface area contributed by atoms with E-state index in [0.29, 0.717) is 29.9 Å². The zero-order valence-electron chi connectivity index (χ0n) is 24.9. The molecule has 3 aromatic rings. The molecule has 226 valence electrons. The van der Waals surface area contributed by atoms with Crippen LogP contribution in [0.1, 0.15) is 45.2 Å². The maximum atomic E-state index is 13.7. The highest BCUT2D eigenvalue weighted by atomic mass is 16.6. The van der Waals surface area contributed by atoms with Gasteiger partial charge in [-0.2, -0.15) is 0 Å². The fraction of sp³-hybridized carbons (Fsp3) is 0.303. The predicted octanol–water partition coefficient (Wildman–Crippen LogP) is 5.67. The van der Waals surface area contributed by atoms with E-state index in [9.17, 15) is 24.5 Å². The van der Waals surface area contributed by atoms with Crippen molar-refractivity contribution in [1.82, 2.24) is 4.90 Å². The summed E-state index contributed by atoms with van der Waals surface area (Å²) in [5, 5.41) is 14.9. The molecule has 2 atom stereocenters. The molecule has 3 aliphatic heterocycles. The summed E-state index contributed by atoms with van der Waals surface area (Å²) in [5.41, 5.74) is 3.06. The number of benzene rings is 3. The molecule has 3 aliphatic rings. The molecule has 11 heteroatoms. The van der Waals surface area contributed by atoms with Gasteiger partial charge >= 0.3 is 6.09 Å². The molecule has 0 saturated carbocycles. The number of rotatable bonds is 5. The largest absolute Gasteiger partial charge is 0.444 e. The van der Waals surface area contributed by atoms with E-state index in [1.807, 2.05) is 80.3 Å². The van der Waals surface area contributed by atoms with E-state index in [1.165, 1.54) is 25.1 Å². The number of piperazine rings is 1. The van der Waals surface area contributed by atoms with Crippen molar-refractivity contribution in [2.24, 2.45) is 0 Å². The maximum Gasteiger partial charge on any atom is 0.410 e. The zero-order chi connectivity index (χ0) is 31.3. The number of imide groups is 1. The predicted molar refractivity (Wildman–Crippen MR) is 167 cm³/mol. The highest BCUT2D eigenvalue weighted by Gasteiger charge is 2.46. The molecule has 2 fully saturated rings. The van der Waals surface area contributed by atoms with Gasteiger partial charge in [0.25, 0.3) is 11.6 Å². The van der Waals surface area contributed by atoms with Crippen molar-refractivity contribution in [2.45, 2.75) is 51.8 Å². The van der Waals surface area contributed by atoms with E-state index in [2.05, 4.69) is 10.2 Å². The van der Waals surface area contributed by atoms with Crippen LogP contribution in [0.4, 0.5) is 27.5 Å². The van der Waals surface area contributed by atoms with Gasteiger partial charge in [0.2, 0.25) is 5.91 Å². The van der Waals surface area contributed by atoms with Crippen molar-refractivity contribution >= 4 is 51.9 Å². The van der Waals surface area contributed by atoms with E-state index < -0.39 is 22.3 Å². The van der Waals surface area contributed by atoms with Crippen LogP contribution in [-0.2, 0) is 14.3 Å². The quantitative estimate of drug-likeness (QED) is 0.227. The Morgan fingerprint density at radius 3 is 2.27 bits per heavy atom. The minimum Gasteiger partial charge on any atom is -0.444 e. The van der Waals surface area contributed by atoms with Crippen molar-refractivity contribution in [2.75, 3.05) is 28.2 Å². The Morgan fingerprint density at radius 2 is 1.68 bits per heavy atom. The molecule has 11 nitrogen and oxygen atoms in total. The number of nitro benzene ring substituents is 1. The van der Waals surface area contributed by atoms with Gasteiger partial charge in [-0.3, -0.25) is 19.7 Å². The Hall–Kier alpha value is -5.19. The van der Waals surface area contributed by atoms with Crippen LogP contribution < -0.4 is 15.1 Å². The number of nitrogens with zero attached hydrogens (tertiary/aromatic N) is 4. The molecule has 2 unspecified atom stereocenters. The van der Waals surface area contributed by atoms with Gasteiger partial charge in [-0.1, -0.05) is 30.3 Å². The van der Waals surface area contributed by atoms with Crippen LogP contribution in [-0.4, -0.2) is 58.5 Å². The van der Waals surface area contributed by atoms with Gasteiger partial charge in [0.1, 0.15) is 5.60 Å². The van der Waals surface area contributed by atoms with Crippen LogP contribution in [0.3, 0.4) is 0 Å². The van der Waals surface area contributed by atoms with Gasteiger partial charge in [-0.05, 0) is 63.1 Å². The third-order valence-corrected chi connectivity index (χ3v) is 8.08. The number of nitrogens with one attached hydrogen (secondary N) is 1. The molecule has 0 radical (unpaired) electrons. The van der Waals surface area contributed by atoms with Gasteiger partial charge in [0.15, 0.2) is 0 Å². The minimum absolute atomic E-state index is 0.0931. The summed E-state index contributed by atoms with van der Waals surface area (Å²) in [7, 11) is 0. The second-order valence-electron chi connectivity index (χ2n) is 12.2. The molecule has 6 rings (SSSR count). The molecule has 2 bridgehead atoms. The van der Waals surface area contributed by atoms with Crippen LogP contribution in [0, 0.1) is 10.1 Å². The number of likely N-dealkylation sites (tertiary alicyclic amines) is 1. The first-order chi connectivity index (χ1) is 20.9. The second-order valence-corrected chi connectivity index (χ2v) is 12.2. The summed E-state index contributed by atoms with van der Waals surface area (Å²) in [6.45, 7) is 8.19. The summed E-state index contributed by atoms with van der Waals surface area (Å²) in [6.07, 6.45) is 0.613. The number of anilines is 3. The maximum absolute atomic E-state index is 13.7. The Bertz CT molecular complexity index is 1700. The van der Waals surface area contributed by atoms with E-state index in [0.717, 1.165) is 22.7 Å². The number of hydrogen-bond acceptors (Lipinski definition) is 8. The molecule has 3 aromatic carbocycles. The molecule has 44 heavy (non-hydrogen) atoms. The standard InChI is InChI=1S/C33H33N5O6/c1-20(39)37-28-17-24(38(42)43)14-15-27(28)29(31(37)40)30(21-8-6-5-7-9-21)34-22-10-12-23(13-11-22)35-18-26-16-25(35)19-36(26)32(41)44-33(2,3)4/h5-15,17,25-26,34H,16,18-19H2,1-4H3/b30-29-. The van der Waals surface area contributed by atoms with Gasteiger partial charge in [0.05, 0.1) is 27.9 Å². The van der Waals surface area contributed by atoms with Crippen LogP contribution in [0.15, 0.2) is 72.8 Å². The minimum atomic E-state index is -0.557. The number of ether oxygens (including phenoxy) is 1. The normalized spacial score (nSPS) is 20.1. The first kappa shape index (κ1) is 28.9. The summed E-state index contributed by atoms with van der Waals surface area (Å²) in [5.74, 6) is -1.09. The highest BCUT2D eigenvalue weighted by Crippen LogP contribution is 2.43. The lowest BCUT2D eigenvalue weighted by atomic mass is 9.99. The Balaban J connectivity index is 1.29. The molecule has 2 saturated heterocycles. The topological polar surface area (TPSA) is 125 Å². The van der Waals surface area contributed by atoms with E-state index >= 15 is 0 Å². The van der Waals surface area contributed by atoms with E-state index in [4.69, 9.17) is 4.74 Å². The van der Waals surface area contributed by atoms with Gasteiger partial charge in [-0.15, -0.1) is 0 Å². The Morgan fingerprint density at radius 1 is 0.977 bits per heavy atom. The first-order valence-electron chi connectivity index (χ1n) is 14.5. The summed E-state index contributed by atoms with van der Waals surface area (Å²) < 4.78 is 5.59. The van der Waals surface area contributed by atoms with Crippen molar-refractivity contribution < 1.29 is 24.0 Å². The summed E-state index contributed by atoms with van der Waals surface area (Å²) >= 11 is 0. The molecule has 0 aliphatic carbocycles. The molecule has 0 spiro atoms. The van der Waals surface area contributed by atoms with Crippen molar-refractivity contribution in [3.8, 4) is 0 Å². The van der Waals surface area contributed by atoms with Gasteiger partial charge in [-0.25, -0.2) is 9.69 Å². The van der Waals surface area contributed by atoms with Crippen LogP contribution in [0.25, 0.3) is 11.3 Å². The van der Waals surface area contributed by atoms with E-state index in [1.54, 1.807) is 0 Å². The Labute approximate surface area is 254 Å². The Kier molecular flexibility index (Phi) is 7.11. The molecule has 0 aromatic heterocycles. The number of carbonyl (C=O) groups is 3. The molecule has 3 amide bonds. The fourth-order valence-corrected chi connectivity index (χ4v) is 6.21. The number of non-ortho nitro benzene ring substituents is 1. The zero-order valence-corrected chi connectivity index (χ0v) is 24.9. The van der Waals surface area contributed by atoms with Crippen LogP contribution in [0.5, 0.6) is 0 Å². The number of nitro groups is 1. The van der Waals surface area contributed by atoms with Crippen LogP contribution >= 0.6 is 0 Å². The smallest absolute Gasteiger partial charge is 0.410 e. The number of hydrogen-bond donors (Lipinski definition) is 1. The molecular formula is C33H33N5O6. The SMILES string of the molecule is CC(=O)N1C(=O)/C(=C(\Nc2ccc(N3CC4CC3CN4C(=O)OC(C)(C)C)cc2)c2ccccc2)c2ccc([N+](=O)[O-])cc21. The number of amides is 3. The number of fused-ring (bicyclic) bond motifs is 3. The third-order valence-electron chi connectivity index (χ3n) is 8.08. The lowest BCUT2D eigenvalue weighted by Crippen LogP contribution is -2.50. The lowest BCUT2D eigenvalue weighted by molar-refractivity contribution is -0.384. The molecular weight excluding hydrogens is 562 g/mol. The number of carbonyl (C=O) groups excluding carboxylic acids is 3. The van der Waals surface area contributed by atoms with Crippen LogP contribution in [0.2, 0.25) is 0 Å². The van der Waals surface area contributed by atoms with Gasteiger partial charge < -0.3 is 19.9 Å². The highest BCUT2D eigenvalue weighted by molar-refractivity contribution is 6.43.